The van der Waals surface area contributed by atoms with Gasteiger partial charge in [-0.05, 0) is 57.8 Å². The Morgan fingerprint density at radius 1 is 0.514 bits per heavy atom. The molecule has 4 nitrogen and oxygen atoms in total. The summed E-state index contributed by atoms with van der Waals surface area (Å²) in [6.45, 7) is 11.5. The molecule has 0 aliphatic carbocycles. The minimum Gasteiger partial charge on any atom is -0.480 e. The third kappa shape index (κ3) is 25.5. The monoisotopic (exact) mass is 490 g/mol. The number of carbonyl (C=O) groups is 1. The van der Waals surface area contributed by atoms with Gasteiger partial charge in [-0.15, -0.1) is 0 Å². The van der Waals surface area contributed by atoms with Gasteiger partial charge in [-0.1, -0.05) is 95.8 Å². The molecule has 204 valence electrons. The predicted molar refractivity (Wildman–Crippen MR) is 154 cm³/mol. The van der Waals surface area contributed by atoms with Crippen molar-refractivity contribution in [2.75, 3.05) is 39.3 Å². The van der Waals surface area contributed by atoms with Crippen molar-refractivity contribution >= 4 is 5.97 Å². The Morgan fingerprint density at radius 3 is 1.23 bits per heavy atom. The van der Waals surface area contributed by atoms with Crippen LogP contribution in [-0.2, 0) is 4.79 Å². The van der Waals surface area contributed by atoms with Gasteiger partial charge in [0, 0.05) is 32.7 Å². The van der Waals surface area contributed by atoms with Crippen molar-refractivity contribution in [3.05, 3.63) is 36.5 Å². The quantitative estimate of drug-likeness (QED) is 0.0979. The van der Waals surface area contributed by atoms with Crippen LogP contribution in [0.4, 0.5) is 0 Å². The summed E-state index contributed by atoms with van der Waals surface area (Å²) in [5.41, 5.74) is 0. The van der Waals surface area contributed by atoms with Gasteiger partial charge in [-0.25, -0.2) is 0 Å². The molecule has 0 aliphatic rings. The van der Waals surface area contributed by atoms with E-state index in [0.29, 0.717) is 0 Å². The Bertz CT molecular complexity index is 518. The van der Waals surface area contributed by atoms with Crippen LogP contribution >= 0.6 is 0 Å². The summed E-state index contributed by atoms with van der Waals surface area (Å²) < 4.78 is 0. The second kappa shape index (κ2) is 27.2. The first kappa shape index (κ1) is 33.6. The Hall–Kier alpha value is -1.39. The molecule has 0 saturated carbocycles. The summed E-state index contributed by atoms with van der Waals surface area (Å²) in [6.07, 6.45) is 32.0. The molecule has 1 N–H and O–H groups in total. The van der Waals surface area contributed by atoms with Crippen molar-refractivity contribution in [3.8, 4) is 0 Å². The second-order valence-corrected chi connectivity index (χ2v) is 9.78. The molecule has 0 spiro atoms. The number of nitrogens with zero attached hydrogens (tertiary/aromatic N) is 2. The number of aliphatic carboxylic acids is 1. The van der Waals surface area contributed by atoms with Crippen LogP contribution < -0.4 is 0 Å². The Labute approximate surface area is 218 Å². The van der Waals surface area contributed by atoms with Gasteiger partial charge in [0.25, 0.3) is 0 Å². The van der Waals surface area contributed by atoms with Gasteiger partial charge >= 0.3 is 5.97 Å². The SMILES string of the molecule is CCCCC/C=C\CCN(CC/C=C\CCCCC)CCN(CC/C=C\CCCCC)CC(=O)O. The molecular formula is C31H58N2O2. The van der Waals surface area contributed by atoms with Crippen molar-refractivity contribution in [1.29, 1.82) is 0 Å². The maximum Gasteiger partial charge on any atom is 0.317 e. The van der Waals surface area contributed by atoms with Crippen LogP contribution in [0.1, 0.15) is 117 Å². The van der Waals surface area contributed by atoms with E-state index in [1.807, 2.05) is 0 Å². The fraction of sp³-hybridized carbons (Fsp3) is 0.774. The van der Waals surface area contributed by atoms with Gasteiger partial charge in [0.1, 0.15) is 0 Å². The normalized spacial score (nSPS) is 12.4. The lowest BCUT2D eigenvalue weighted by Gasteiger charge is -2.26. The number of carboxylic acid groups (broad SMARTS) is 1. The molecule has 0 aromatic heterocycles. The lowest BCUT2D eigenvalue weighted by atomic mass is 10.2. The number of hydrogen-bond donors (Lipinski definition) is 1. The number of unbranched alkanes of at least 4 members (excludes halogenated alkanes) is 9. The number of rotatable bonds is 26. The van der Waals surface area contributed by atoms with Crippen LogP contribution in [0.2, 0.25) is 0 Å². The van der Waals surface area contributed by atoms with E-state index in [4.69, 9.17) is 0 Å². The average Bonchev–Trinajstić information content (AvgIpc) is 2.84. The number of hydrogen-bond acceptors (Lipinski definition) is 3. The molecule has 0 unspecified atom stereocenters. The summed E-state index contributed by atoms with van der Waals surface area (Å²) in [5.74, 6) is -0.728. The summed E-state index contributed by atoms with van der Waals surface area (Å²) in [6, 6.07) is 0. The van der Waals surface area contributed by atoms with Gasteiger partial charge in [0.05, 0.1) is 6.54 Å². The molecule has 0 bridgehead atoms. The van der Waals surface area contributed by atoms with E-state index in [0.717, 1.165) is 58.4 Å². The zero-order valence-electron chi connectivity index (χ0n) is 23.6. The zero-order chi connectivity index (χ0) is 25.8. The van der Waals surface area contributed by atoms with E-state index in [1.54, 1.807) is 0 Å². The van der Waals surface area contributed by atoms with E-state index < -0.39 is 5.97 Å². The number of carboxylic acids is 1. The first-order chi connectivity index (χ1) is 17.1. The largest absolute Gasteiger partial charge is 0.480 e. The van der Waals surface area contributed by atoms with Gasteiger partial charge in [0.2, 0.25) is 0 Å². The standard InChI is InChI=1S/C31H58N2O2/c1-4-7-10-13-16-19-22-25-32(26-23-20-17-14-11-8-5-2)28-29-33(30-31(34)35)27-24-21-18-15-12-9-6-3/h16-21H,4-15,22-30H2,1-3H3,(H,34,35)/b19-16-,20-17-,21-18-. The lowest BCUT2D eigenvalue weighted by molar-refractivity contribution is -0.138. The third-order valence-electron chi connectivity index (χ3n) is 6.35. The Morgan fingerprint density at radius 2 is 0.857 bits per heavy atom. The fourth-order valence-electron chi connectivity index (χ4n) is 4.09. The summed E-state index contributed by atoms with van der Waals surface area (Å²) in [5, 5.41) is 9.38. The lowest BCUT2D eigenvalue weighted by Crippen LogP contribution is -2.39. The van der Waals surface area contributed by atoms with Crippen LogP contribution in [0.5, 0.6) is 0 Å². The highest BCUT2D eigenvalue weighted by molar-refractivity contribution is 5.69. The maximum absolute atomic E-state index is 11.4. The molecule has 0 radical (unpaired) electrons. The van der Waals surface area contributed by atoms with Crippen molar-refractivity contribution < 1.29 is 9.90 Å². The molecule has 0 fully saturated rings. The van der Waals surface area contributed by atoms with E-state index in [9.17, 15) is 9.90 Å². The second-order valence-electron chi connectivity index (χ2n) is 9.78. The van der Waals surface area contributed by atoms with Gasteiger partial charge < -0.3 is 10.0 Å². The van der Waals surface area contributed by atoms with Crippen molar-refractivity contribution in [2.45, 2.75) is 117 Å². The molecule has 0 aliphatic heterocycles. The van der Waals surface area contributed by atoms with Crippen LogP contribution in [0.25, 0.3) is 0 Å². The Kier molecular flexibility index (Phi) is 26.1. The van der Waals surface area contributed by atoms with Gasteiger partial charge in [-0.2, -0.15) is 0 Å². The topological polar surface area (TPSA) is 43.8 Å². The molecule has 35 heavy (non-hydrogen) atoms. The molecule has 0 aromatic rings. The van der Waals surface area contributed by atoms with E-state index in [2.05, 4.69) is 67.0 Å². The van der Waals surface area contributed by atoms with Crippen LogP contribution in [0, 0.1) is 0 Å². The molecule has 0 amide bonds. The number of allylic oxidation sites excluding steroid dienone is 3. The summed E-state index contributed by atoms with van der Waals surface area (Å²) in [4.78, 5) is 16.0. The molecule has 0 atom stereocenters. The molecule has 0 rings (SSSR count). The predicted octanol–water partition coefficient (Wildman–Crippen LogP) is 8.25. The van der Waals surface area contributed by atoms with Crippen molar-refractivity contribution in [3.63, 3.8) is 0 Å². The maximum atomic E-state index is 11.4. The molecule has 0 saturated heterocycles. The van der Waals surface area contributed by atoms with Crippen LogP contribution in [0.3, 0.4) is 0 Å². The first-order valence-electron chi connectivity index (χ1n) is 14.7. The third-order valence-corrected chi connectivity index (χ3v) is 6.35. The Balaban J connectivity index is 4.60. The minimum absolute atomic E-state index is 0.131. The van der Waals surface area contributed by atoms with E-state index in [1.165, 1.54) is 70.6 Å². The first-order valence-corrected chi connectivity index (χ1v) is 14.7. The smallest absolute Gasteiger partial charge is 0.317 e. The highest BCUT2D eigenvalue weighted by atomic mass is 16.4. The molecular weight excluding hydrogens is 432 g/mol. The fourth-order valence-corrected chi connectivity index (χ4v) is 4.09. The van der Waals surface area contributed by atoms with Gasteiger partial charge in [-0.3, -0.25) is 9.69 Å². The van der Waals surface area contributed by atoms with E-state index in [-0.39, 0.29) is 6.54 Å². The van der Waals surface area contributed by atoms with Crippen LogP contribution in [0.15, 0.2) is 36.5 Å². The van der Waals surface area contributed by atoms with Crippen molar-refractivity contribution in [1.82, 2.24) is 9.80 Å². The average molecular weight is 491 g/mol. The molecule has 0 heterocycles. The zero-order valence-corrected chi connectivity index (χ0v) is 23.6. The molecule has 4 heteroatoms. The highest BCUT2D eigenvalue weighted by Gasteiger charge is 2.11. The summed E-state index contributed by atoms with van der Waals surface area (Å²) >= 11 is 0. The van der Waals surface area contributed by atoms with Gasteiger partial charge in [0.15, 0.2) is 0 Å². The summed E-state index contributed by atoms with van der Waals surface area (Å²) in [7, 11) is 0. The van der Waals surface area contributed by atoms with E-state index >= 15 is 0 Å². The molecule has 0 aromatic carbocycles. The minimum atomic E-state index is -0.728. The highest BCUT2D eigenvalue weighted by Crippen LogP contribution is 2.05. The van der Waals surface area contributed by atoms with Crippen LogP contribution in [-0.4, -0.2) is 60.1 Å². The van der Waals surface area contributed by atoms with Crippen molar-refractivity contribution in [2.24, 2.45) is 0 Å².